The van der Waals surface area contributed by atoms with Gasteiger partial charge >= 0.3 is 12.3 Å². The summed E-state index contributed by atoms with van der Waals surface area (Å²) in [6, 6.07) is 10.2. The largest absolute Gasteiger partial charge is 0.444 e. The van der Waals surface area contributed by atoms with Crippen LogP contribution < -0.4 is 4.90 Å². The summed E-state index contributed by atoms with van der Waals surface area (Å²) in [5.74, 6) is 0.0544. The summed E-state index contributed by atoms with van der Waals surface area (Å²) < 4.78 is 49.5. The molecule has 1 aromatic heterocycles. The van der Waals surface area contributed by atoms with Crippen LogP contribution in [0.4, 0.5) is 23.7 Å². The van der Waals surface area contributed by atoms with Gasteiger partial charge in [-0.15, -0.1) is 21.5 Å². The van der Waals surface area contributed by atoms with Crippen molar-refractivity contribution in [1.82, 2.24) is 20.0 Å². The molecule has 7 rings (SSSR count). The monoisotopic (exact) mass is 681 g/mol. The molecule has 2 aromatic carbocycles. The van der Waals surface area contributed by atoms with Gasteiger partial charge in [0.2, 0.25) is 0 Å². The Morgan fingerprint density at radius 1 is 1.06 bits per heavy atom. The lowest BCUT2D eigenvalue weighted by Gasteiger charge is -2.33. The first-order valence-corrected chi connectivity index (χ1v) is 17.7. The van der Waals surface area contributed by atoms with E-state index >= 15 is 0 Å². The lowest BCUT2D eigenvalue weighted by Crippen LogP contribution is -2.38. The topological polar surface area (TPSA) is 78.9 Å². The van der Waals surface area contributed by atoms with E-state index in [1.807, 2.05) is 45.9 Å². The third kappa shape index (κ3) is 6.21. The molecule has 4 aliphatic rings. The third-order valence-electron chi connectivity index (χ3n) is 10.8. The van der Waals surface area contributed by atoms with Crippen LogP contribution in [0.2, 0.25) is 0 Å². The molecule has 8 nitrogen and oxygen atoms in total. The van der Waals surface area contributed by atoms with E-state index < -0.39 is 23.2 Å². The second kappa shape index (κ2) is 12.1. The molecular formula is C36H42F3N5O3S. The number of benzene rings is 2. The molecule has 3 fully saturated rings. The van der Waals surface area contributed by atoms with E-state index in [4.69, 9.17) is 4.74 Å². The normalized spacial score (nSPS) is 23.1. The summed E-state index contributed by atoms with van der Waals surface area (Å²) in [5, 5.41) is 9.32. The van der Waals surface area contributed by atoms with E-state index in [0.29, 0.717) is 43.3 Å². The molecule has 3 aromatic rings. The van der Waals surface area contributed by atoms with Crippen molar-refractivity contribution in [3.63, 3.8) is 0 Å². The first kappa shape index (κ1) is 33.0. The molecule has 0 N–H and O–H groups in total. The lowest BCUT2D eigenvalue weighted by molar-refractivity contribution is -0.138. The number of fused-ring (bicyclic) bond motifs is 1. The summed E-state index contributed by atoms with van der Waals surface area (Å²) >= 11 is 1.51. The van der Waals surface area contributed by atoms with Gasteiger partial charge in [0, 0.05) is 48.3 Å². The van der Waals surface area contributed by atoms with Crippen molar-refractivity contribution in [3.05, 3.63) is 74.7 Å². The molecule has 3 atom stereocenters. The van der Waals surface area contributed by atoms with E-state index in [-0.39, 0.29) is 41.1 Å². The Morgan fingerprint density at radius 2 is 1.83 bits per heavy atom. The van der Waals surface area contributed by atoms with E-state index in [1.165, 1.54) is 22.3 Å². The summed E-state index contributed by atoms with van der Waals surface area (Å²) in [4.78, 5) is 32.1. The maximum atomic E-state index is 14.7. The molecule has 3 aliphatic heterocycles. The minimum Gasteiger partial charge on any atom is -0.444 e. The zero-order valence-electron chi connectivity index (χ0n) is 27.8. The van der Waals surface area contributed by atoms with Crippen LogP contribution in [0.15, 0.2) is 41.9 Å². The minimum atomic E-state index is -4.61. The van der Waals surface area contributed by atoms with Crippen molar-refractivity contribution in [1.29, 1.82) is 0 Å². The van der Waals surface area contributed by atoms with Gasteiger partial charge < -0.3 is 14.5 Å². The van der Waals surface area contributed by atoms with Gasteiger partial charge in [0.25, 0.3) is 5.91 Å². The highest BCUT2D eigenvalue weighted by molar-refractivity contribution is 7.09. The van der Waals surface area contributed by atoms with Crippen molar-refractivity contribution in [2.45, 2.75) is 90.1 Å². The predicted octanol–water partition coefficient (Wildman–Crippen LogP) is 8.04. The fourth-order valence-corrected chi connectivity index (χ4v) is 8.76. The van der Waals surface area contributed by atoms with Gasteiger partial charge in [-0.3, -0.25) is 9.69 Å². The summed E-state index contributed by atoms with van der Waals surface area (Å²) in [5.41, 5.74) is 2.46. The highest BCUT2D eigenvalue weighted by atomic mass is 32.1. The van der Waals surface area contributed by atoms with Gasteiger partial charge in [0.15, 0.2) is 0 Å². The number of aromatic nitrogens is 2. The summed E-state index contributed by atoms with van der Waals surface area (Å²) in [6.07, 6.45) is 0.0416. The molecular weight excluding hydrogens is 639 g/mol. The fraction of sp³-hybridized carbons (Fsp3) is 0.556. The number of halogens is 3. The average molecular weight is 682 g/mol. The van der Waals surface area contributed by atoms with Gasteiger partial charge in [-0.25, -0.2) is 4.79 Å². The van der Waals surface area contributed by atoms with Crippen LogP contribution in [-0.2, 0) is 17.5 Å². The Balaban J connectivity index is 1.13. The summed E-state index contributed by atoms with van der Waals surface area (Å²) in [6.45, 7) is 9.83. The molecule has 256 valence electrons. The second-order valence-electron chi connectivity index (χ2n) is 15.1. The van der Waals surface area contributed by atoms with E-state index in [2.05, 4.69) is 15.1 Å². The lowest BCUT2D eigenvalue weighted by atomic mass is 9.73. The number of likely N-dealkylation sites (tertiary alicyclic amines) is 2. The fourth-order valence-electron chi connectivity index (χ4n) is 7.99. The number of carbonyl (C=O) groups excluding carboxylic acids is 2. The molecule has 2 amide bonds. The van der Waals surface area contributed by atoms with E-state index in [9.17, 15) is 22.8 Å². The average Bonchev–Trinajstić information content (AvgIpc) is 3.81. The van der Waals surface area contributed by atoms with Crippen LogP contribution in [0.5, 0.6) is 0 Å². The number of alkyl halides is 3. The van der Waals surface area contributed by atoms with Crippen LogP contribution in [0.3, 0.4) is 0 Å². The molecule has 12 heteroatoms. The Kier molecular flexibility index (Phi) is 8.33. The molecule has 1 aliphatic carbocycles. The number of anilines is 1. The number of hydrogen-bond donors (Lipinski definition) is 0. The zero-order chi connectivity index (χ0) is 34.0. The molecule has 0 unspecified atom stereocenters. The first-order valence-electron chi connectivity index (χ1n) is 16.9. The van der Waals surface area contributed by atoms with Crippen LogP contribution in [-0.4, -0.2) is 63.8 Å². The Hall–Kier alpha value is -3.51. The third-order valence-corrected chi connectivity index (χ3v) is 11.5. The SMILES string of the molecule is C[C@@H](c1cc2c(c(C(F)(F)F)c1)CN(c1cccc([C@H](c3nncs3)C3CCC3)c1)C2=O)N1CC[C@]2(CCN(C(=O)OC(C)(C)C)C2)C1. The number of amides is 2. The predicted molar refractivity (Wildman–Crippen MR) is 177 cm³/mol. The van der Waals surface area contributed by atoms with Crippen LogP contribution in [0.1, 0.15) is 109 Å². The Labute approximate surface area is 283 Å². The molecule has 1 saturated carbocycles. The Bertz CT molecular complexity index is 1700. The van der Waals surface area contributed by atoms with Crippen molar-refractivity contribution < 1.29 is 27.5 Å². The van der Waals surface area contributed by atoms with Crippen LogP contribution in [0, 0.1) is 11.3 Å². The molecule has 48 heavy (non-hydrogen) atoms. The van der Waals surface area contributed by atoms with Gasteiger partial charge in [0.05, 0.1) is 12.1 Å². The van der Waals surface area contributed by atoms with Gasteiger partial charge in [0.1, 0.15) is 16.1 Å². The maximum absolute atomic E-state index is 14.7. The quantitative estimate of drug-likeness (QED) is 0.262. The highest BCUT2D eigenvalue weighted by Gasteiger charge is 2.47. The van der Waals surface area contributed by atoms with Crippen LogP contribution >= 0.6 is 11.3 Å². The minimum absolute atomic E-state index is 0.0233. The van der Waals surface area contributed by atoms with E-state index in [0.717, 1.165) is 42.7 Å². The smallest absolute Gasteiger partial charge is 0.416 e. The molecule has 4 heterocycles. The van der Waals surface area contributed by atoms with Crippen molar-refractivity contribution >= 4 is 29.0 Å². The number of rotatable bonds is 6. The number of hydrogen-bond acceptors (Lipinski definition) is 7. The molecule has 0 radical (unpaired) electrons. The standard InChI is InChI=1S/C36H42F3N5O3S/c1-22(42-13-11-35(19-42)12-14-43(20-35)33(46)47-34(2,3)4)25-16-27-28(29(17-25)36(37,38)39)18-44(32(27)45)26-10-6-9-24(15-26)30(23-7-5-8-23)31-41-40-21-48-31/h6,9-10,15-17,21-23,30H,5,7-8,11-14,18-20H2,1-4H3/t22-,30+,35-/m0/s1. The molecule has 1 spiro atoms. The van der Waals surface area contributed by atoms with Crippen molar-refractivity contribution in [3.8, 4) is 0 Å². The van der Waals surface area contributed by atoms with Crippen molar-refractivity contribution in [2.75, 3.05) is 31.1 Å². The zero-order valence-corrected chi connectivity index (χ0v) is 28.7. The summed E-state index contributed by atoms with van der Waals surface area (Å²) in [7, 11) is 0. The molecule has 0 bridgehead atoms. The van der Waals surface area contributed by atoms with Gasteiger partial charge in [-0.1, -0.05) is 18.6 Å². The van der Waals surface area contributed by atoms with E-state index in [1.54, 1.807) is 22.5 Å². The Morgan fingerprint density at radius 3 is 2.50 bits per heavy atom. The van der Waals surface area contributed by atoms with Gasteiger partial charge in [-0.2, -0.15) is 13.2 Å². The number of ether oxygens (including phenoxy) is 1. The number of carbonyl (C=O) groups is 2. The maximum Gasteiger partial charge on any atom is 0.416 e. The second-order valence-corrected chi connectivity index (χ2v) is 15.9. The first-order chi connectivity index (χ1) is 22.7. The van der Waals surface area contributed by atoms with Gasteiger partial charge in [-0.05, 0) is 107 Å². The molecule has 2 saturated heterocycles. The van der Waals surface area contributed by atoms with Crippen molar-refractivity contribution in [2.24, 2.45) is 11.3 Å². The van der Waals surface area contributed by atoms with Crippen LogP contribution in [0.25, 0.3) is 0 Å². The number of nitrogens with zero attached hydrogens (tertiary/aromatic N) is 5. The highest BCUT2D eigenvalue weighted by Crippen LogP contribution is 2.47.